The molecule has 3 heteroatoms. The molecule has 0 spiro atoms. The first kappa shape index (κ1) is 19.2. The average molecular weight is 355 g/mol. The minimum atomic E-state index is 0.223. The summed E-state index contributed by atoms with van der Waals surface area (Å²) in [6.07, 6.45) is 12.9. The van der Waals surface area contributed by atoms with Gasteiger partial charge in [-0.1, -0.05) is 42.0 Å². The topological polar surface area (TPSA) is 32.3 Å². The first-order valence-electron chi connectivity index (χ1n) is 10.5. The Bertz CT molecular complexity index is 573. The van der Waals surface area contributed by atoms with Crippen LogP contribution in [0.5, 0.6) is 0 Å². The Kier molecular flexibility index (Phi) is 7.75. The monoisotopic (exact) mass is 354 g/mol. The maximum Gasteiger partial charge on any atom is 0.223 e. The predicted octanol–water partition coefficient (Wildman–Crippen LogP) is 4.34. The van der Waals surface area contributed by atoms with E-state index in [1.54, 1.807) is 5.57 Å². The summed E-state index contributed by atoms with van der Waals surface area (Å²) in [6, 6.07) is 10.7. The summed E-state index contributed by atoms with van der Waals surface area (Å²) in [5.74, 6) is 0.506. The Hall–Kier alpha value is -1.61. The molecule has 1 saturated heterocycles. The van der Waals surface area contributed by atoms with E-state index < -0.39 is 0 Å². The van der Waals surface area contributed by atoms with E-state index in [4.69, 9.17) is 0 Å². The van der Waals surface area contributed by atoms with Crippen molar-refractivity contribution in [2.75, 3.05) is 26.2 Å². The summed E-state index contributed by atoms with van der Waals surface area (Å²) in [5.41, 5.74) is 2.97. The molecular weight excluding hydrogens is 320 g/mol. The highest BCUT2D eigenvalue weighted by Crippen LogP contribution is 2.20. The smallest absolute Gasteiger partial charge is 0.223 e. The normalized spacial score (nSPS) is 19.2. The van der Waals surface area contributed by atoms with Crippen molar-refractivity contribution in [1.82, 2.24) is 10.2 Å². The molecule has 0 aromatic heterocycles. The quantitative estimate of drug-likeness (QED) is 0.705. The zero-order chi connectivity index (χ0) is 18.0. The van der Waals surface area contributed by atoms with E-state index in [0.29, 0.717) is 0 Å². The van der Waals surface area contributed by atoms with Crippen LogP contribution in [0.4, 0.5) is 0 Å². The molecule has 3 rings (SSSR count). The van der Waals surface area contributed by atoms with E-state index in [-0.39, 0.29) is 11.8 Å². The highest BCUT2D eigenvalue weighted by molar-refractivity contribution is 5.78. The van der Waals surface area contributed by atoms with E-state index in [0.717, 1.165) is 51.9 Å². The molecule has 142 valence electrons. The van der Waals surface area contributed by atoms with Crippen LogP contribution in [0.25, 0.3) is 0 Å². The van der Waals surface area contributed by atoms with Gasteiger partial charge >= 0.3 is 0 Å². The highest BCUT2D eigenvalue weighted by atomic mass is 16.1. The molecule has 1 aliphatic heterocycles. The van der Waals surface area contributed by atoms with Crippen molar-refractivity contribution in [3.63, 3.8) is 0 Å². The summed E-state index contributed by atoms with van der Waals surface area (Å²) in [4.78, 5) is 14.9. The highest BCUT2D eigenvalue weighted by Gasteiger charge is 2.24. The number of hydrogen-bond acceptors (Lipinski definition) is 2. The first-order valence-corrected chi connectivity index (χ1v) is 10.5. The third-order valence-electron chi connectivity index (χ3n) is 5.87. The number of rotatable bonds is 8. The van der Waals surface area contributed by atoms with Crippen LogP contribution in [0.1, 0.15) is 56.9 Å². The Morgan fingerprint density at radius 2 is 1.88 bits per heavy atom. The molecule has 3 nitrogen and oxygen atoms in total. The van der Waals surface area contributed by atoms with Gasteiger partial charge in [0.25, 0.3) is 0 Å². The number of aryl methyl sites for hydroxylation is 1. The predicted molar refractivity (Wildman–Crippen MR) is 108 cm³/mol. The van der Waals surface area contributed by atoms with Crippen molar-refractivity contribution < 1.29 is 4.79 Å². The Morgan fingerprint density at radius 3 is 2.62 bits per heavy atom. The fourth-order valence-electron chi connectivity index (χ4n) is 4.19. The number of carbonyl (C=O) groups is 1. The minimum Gasteiger partial charge on any atom is -0.356 e. The van der Waals surface area contributed by atoms with Crippen LogP contribution >= 0.6 is 0 Å². The van der Waals surface area contributed by atoms with Crippen molar-refractivity contribution in [1.29, 1.82) is 0 Å². The van der Waals surface area contributed by atoms with Crippen LogP contribution in [0.15, 0.2) is 42.0 Å². The minimum absolute atomic E-state index is 0.223. The third kappa shape index (κ3) is 6.28. The molecule has 1 N–H and O–H groups in total. The third-order valence-corrected chi connectivity index (χ3v) is 5.87. The average Bonchev–Trinajstić information content (AvgIpc) is 2.70. The Morgan fingerprint density at radius 1 is 1.08 bits per heavy atom. The molecule has 0 atom stereocenters. The number of carbonyl (C=O) groups excluding carboxylic acids is 1. The SMILES string of the molecule is O=C(NCCC1=CCCCC1)C1CCN(CCCc2ccccc2)CC1. The largest absolute Gasteiger partial charge is 0.356 e. The molecular formula is C23H34N2O. The van der Waals surface area contributed by atoms with Crippen LogP contribution in [-0.2, 0) is 11.2 Å². The van der Waals surface area contributed by atoms with E-state index >= 15 is 0 Å². The fourth-order valence-corrected chi connectivity index (χ4v) is 4.19. The number of benzene rings is 1. The van der Waals surface area contributed by atoms with Crippen LogP contribution in [0, 0.1) is 5.92 Å². The number of amides is 1. The molecule has 1 heterocycles. The van der Waals surface area contributed by atoms with Gasteiger partial charge in [0.2, 0.25) is 5.91 Å². The maximum atomic E-state index is 12.4. The summed E-state index contributed by atoms with van der Waals surface area (Å²) < 4.78 is 0. The van der Waals surface area contributed by atoms with Crippen LogP contribution in [0.3, 0.4) is 0 Å². The molecule has 1 aromatic rings. The second-order valence-electron chi connectivity index (χ2n) is 7.85. The van der Waals surface area contributed by atoms with Crippen molar-refractivity contribution in [3.8, 4) is 0 Å². The summed E-state index contributed by atoms with van der Waals surface area (Å²) in [7, 11) is 0. The van der Waals surface area contributed by atoms with Gasteiger partial charge in [-0.05, 0) is 83.0 Å². The van der Waals surface area contributed by atoms with Crippen molar-refractivity contribution in [2.45, 2.75) is 57.8 Å². The molecule has 1 fully saturated rings. The van der Waals surface area contributed by atoms with Gasteiger partial charge in [-0.3, -0.25) is 4.79 Å². The molecule has 1 aromatic carbocycles. The van der Waals surface area contributed by atoms with Gasteiger partial charge in [-0.2, -0.15) is 0 Å². The lowest BCUT2D eigenvalue weighted by molar-refractivity contribution is -0.126. The van der Waals surface area contributed by atoms with Gasteiger partial charge in [0, 0.05) is 12.5 Å². The Labute approximate surface area is 158 Å². The van der Waals surface area contributed by atoms with Gasteiger partial charge in [-0.25, -0.2) is 0 Å². The van der Waals surface area contributed by atoms with Crippen LogP contribution < -0.4 is 5.32 Å². The maximum absolute atomic E-state index is 12.4. The lowest BCUT2D eigenvalue weighted by Crippen LogP contribution is -2.41. The van der Waals surface area contributed by atoms with Crippen LogP contribution in [0.2, 0.25) is 0 Å². The molecule has 0 radical (unpaired) electrons. The summed E-state index contributed by atoms with van der Waals surface area (Å²) in [5, 5.41) is 3.18. The van der Waals surface area contributed by atoms with Crippen molar-refractivity contribution >= 4 is 5.91 Å². The lowest BCUT2D eigenvalue weighted by atomic mass is 9.95. The molecule has 2 aliphatic rings. The van der Waals surface area contributed by atoms with Gasteiger partial charge < -0.3 is 10.2 Å². The molecule has 1 amide bonds. The van der Waals surface area contributed by atoms with E-state index in [1.165, 1.54) is 37.7 Å². The van der Waals surface area contributed by atoms with Gasteiger partial charge in [0.15, 0.2) is 0 Å². The second kappa shape index (κ2) is 10.5. The van der Waals surface area contributed by atoms with Crippen molar-refractivity contribution in [3.05, 3.63) is 47.5 Å². The zero-order valence-corrected chi connectivity index (χ0v) is 16.1. The molecule has 0 saturated carbocycles. The van der Waals surface area contributed by atoms with E-state index in [1.807, 2.05) is 0 Å². The van der Waals surface area contributed by atoms with Crippen LogP contribution in [-0.4, -0.2) is 37.0 Å². The molecule has 0 bridgehead atoms. The number of allylic oxidation sites excluding steroid dienone is 1. The first-order chi connectivity index (χ1) is 12.8. The molecule has 0 unspecified atom stereocenters. The number of hydrogen-bond donors (Lipinski definition) is 1. The van der Waals surface area contributed by atoms with Gasteiger partial charge in [0.1, 0.15) is 0 Å². The lowest BCUT2D eigenvalue weighted by Gasteiger charge is -2.31. The molecule has 26 heavy (non-hydrogen) atoms. The van der Waals surface area contributed by atoms with Gasteiger partial charge in [0.05, 0.1) is 0 Å². The zero-order valence-electron chi connectivity index (χ0n) is 16.1. The second-order valence-corrected chi connectivity index (χ2v) is 7.85. The molecule has 1 aliphatic carbocycles. The standard InChI is InChI=1S/C23H34N2O/c26-23(24-16-13-21-10-5-2-6-11-21)22-14-18-25(19-15-22)17-7-12-20-8-3-1-4-9-20/h1,3-4,8-10,22H,2,5-7,11-19H2,(H,24,26). The number of likely N-dealkylation sites (tertiary alicyclic amines) is 1. The van der Waals surface area contributed by atoms with Crippen molar-refractivity contribution in [2.24, 2.45) is 5.92 Å². The fraction of sp³-hybridized carbons (Fsp3) is 0.609. The Balaban J connectivity index is 1.28. The summed E-state index contributed by atoms with van der Waals surface area (Å²) in [6.45, 7) is 4.11. The van der Waals surface area contributed by atoms with Gasteiger partial charge in [-0.15, -0.1) is 0 Å². The number of nitrogens with zero attached hydrogens (tertiary/aromatic N) is 1. The van der Waals surface area contributed by atoms with E-state index in [9.17, 15) is 4.79 Å². The number of nitrogens with one attached hydrogen (secondary N) is 1. The van der Waals surface area contributed by atoms with E-state index in [2.05, 4.69) is 46.6 Å². The summed E-state index contributed by atoms with van der Waals surface area (Å²) >= 11 is 0. The number of piperidine rings is 1.